The van der Waals surface area contributed by atoms with Gasteiger partial charge in [0.15, 0.2) is 9.84 Å². The maximum Gasteiger partial charge on any atom is 0.304 e. The second-order valence-corrected chi connectivity index (χ2v) is 9.74. The lowest BCUT2D eigenvalue weighted by Crippen LogP contribution is -2.60. The Balaban J connectivity index is 1.81. The summed E-state index contributed by atoms with van der Waals surface area (Å²) in [7, 11) is -3.22. The van der Waals surface area contributed by atoms with Crippen LogP contribution in [0.15, 0.2) is 12.1 Å². The normalized spacial score (nSPS) is 26.3. The number of sulfone groups is 1. The van der Waals surface area contributed by atoms with Crippen molar-refractivity contribution in [1.29, 1.82) is 0 Å². The zero-order valence-electron chi connectivity index (χ0n) is 13.3. The van der Waals surface area contributed by atoms with Crippen LogP contribution in [0.3, 0.4) is 0 Å². The number of carboxylic acids is 1. The average molecular weight is 372 g/mol. The van der Waals surface area contributed by atoms with Gasteiger partial charge in [0.25, 0.3) is 5.91 Å². The van der Waals surface area contributed by atoms with Gasteiger partial charge in [-0.25, -0.2) is 8.42 Å². The SMILES string of the molecule is Cc1ccc(C(=O)N2CCN(CCC(=O)O)[C@@H]3CS(=O)(=O)C[C@@H]32)s1. The van der Waals surface area contributed by atoms with Crippen molar-refractivity contribution >= 4 is 33.1 Å². The molecule has 2 saturated heterocycles. The summed E-state index contributed by atoms with van der Waals surface area (Å²) in [5.41, 5.74) is 0. The van der Waals surface area contributed by atoms with Crippen LogP contribution in [0, 0.1) is 6.92 Å². The van der Waals surface area contributed by atoms with Gasteiger partial charge < -0.3 is 10.0 Å². The lowest BCUT2D eigenvalue weighted by atomic mass is 10.0. The van der Waals surface area contributed by atoms with Crippen molar-refractivity contribution in [1.82, 2.24) is 9.80 Å². The molecule has 0 aromatic carbocycles. The van der Waals surface area contributed by atoms with Gasteiger partial charge >= 0.3 is 5.97 Å². The number of hydrogen-bond acceptors (Lipinski definition) is 6. The molecule has 0 bridgehead atoms. The topological polar surface area (TPSA) is 95.0 Å². The molecule has 2 aliphatic heterocycles. The smallest absolute Gasteiger partial charge is 0.304 e. The molecule has 0 saturated carbocycles. The second-order valence-electron chi connectivity index (χ2n) is 6.30. The zero-order valence-corrected chi connectivity index (χ0v) is 15.0. The van der Waals surface area contributed by atoms with E-state index in [1.54, 1.807) is 11.0 Å². The van der Waals surface area contributed by atoms with E-state index >= 15 is 0 Å². The summed E-state index contributed by atoms with van der Waals surface area (Å²) in [4.78, 5) is 28.8. The fourth-order valence-electron chi connectivity index (χ4n) is 3.48. The van der Waals surface area contributed by atoms with Crippen molar-refractivity contribution < 1.29 is 23.1 Å². The van der Waals surface area contributed by atoms with Crippen LogP contribution in [0.5, 0.6) is 0 Å². The highest BCUT2D eigenvalue weighted by atomic mass is 32.2. The van der Waals surface area contributed by atoms with E-state index in [0.29, 0.717) is 24.5 Å². The van der Waals surface area contributed by atoms with Gasteiger partial charge in [0.05, 0.1) is 28.8 Å². The first kappa shape index (κ1) is 17.4. The molecule has 2 aliphatic rings. The molecule has 3 rings (SSSR count). The van der Waals surface area contributed by atoms with Gasteiger partial charge in [-0.2, -0.15) is 0 Å². The van der Waals surface area contributed by atoms with Crippen LogP contribution in [0.25, 0.3) is 0 Å². The molecular formula is C15H20N2O5S2. The van der Waals surface area contributed by atoms with Crippen molar-refractivity contribution in [3.8, 4) is 0 Å². The van der Waals surface area contributed by atoms with Gasteiger partial charge in [-0.1, -0.05) is 0 Å². The average Bonchev–Trinajstić information content (AvgIpc) is 3.06. The highest BCUT2D eigenvalue weighted by molar-refractivity contribution is 7.91. The molecule has 1 aromatic heterocycles. The third kappa shape index (κ3) is 3.47. The van der Waals surface area contributed by atoms with Gasteiger partial charge in [0, 0.05) is 30.6 Å². The van der Waals surface area contributed by atoms with Crippen LogP contribution in [0.1, 0.15) is 21.0 Å². The Hall–Kier alpha value is -1.45. The first-order valence-electron chi connectivity index (χ1n) is 7.80. The van der Waals surface area contributed by atoms with Crippen LogP contribution < -0.4 is 0 Å². The van der Waals surface area contributed by atoms with Crippen molar-refractivity contribution in [3.05, 3.63) is 21.9 Å². The molecule has 132 valence electrons. The number of carbonyl (C=O) groups excluding carboxylic acids is 1. The first-order valence-corrected chi connectivity index (χ1v) is 10.4. The second kappa shape index (κ2) is 6.45. The fraction of sp³-hybridized carbons (Fsp3) is 0.600. The summed E-state index contributed by atoms with van der Waals surface area (Å²) in [6, 6.07) is 2.95. The largest absolute Gasteiger partial charge is 0.481 e. The molecule has 7 nitrogen and oxygen atoms in total. The zero-order chi connectivity index (χ0) is 17.5. The number of hydrogen-bond donors (Lipinski definition) is 1. The van der Waals surface area contributed by atoms with E-state index in [2.05, 4.69) is 0 Å². The monoisotopic (exact) mass is 372 g/mol. The summed E-state index contributed by atoms with van der Waals surface area (Å²) in [5.74, 6) is -1.08. The molecule has 0 spiro atoms. The third-order valence-corrected chi connectivity index (χ3v) is 7.30. The number of aliphatic carboxylic acids is 1. The van der Waals surface area contributed by atoms with E-state index < -0.39 is 21.8 Å². The lowest BCUT2D eigenvalue weighted by Gasteiger charge is -2.43. The lowest BCUT2D eigenvalue weighted by molar-refractivity contribution is -0.137. The van der Waals surface area contributed by atoms with Gasteiger partial charge in [-0.3, -0.25) is 14.5 Å². The van der Waals surface area contributed by atoms with Crippen LogP contribution in [0.2, 0.25) is 0 Å². The Bertz CT molecular complexity index is 758. The Morgan fingerprint density at radius 1 is 1.25 bits per heavy atom. The molecule has 0 unspecified atom stereocenters. The van der Waals surface area contributed by atoms with E-state index in [-0.39, 0.29) is 29.9 Å². The number of carboxylic acid groups (broad SMARTS) is 1. The minimum atomic E-state index is -3.22. The quantitative estimate of drug-likeness (QED) is 0.825. The number of nitrogens with zero attached hydrogens (tertiary/aromatic N) is 2. The maximum absolute atomic E-state index is 12.8. The third-order valence-electron chi connectivity index (χ3n) is 4.62. The van der Waals surface area contributed by atoms with Crippen LogP contribution in [-0.4, -0.2) is 78.4 Å². The summed E-state index contributed by atoms with van der Waals surface area (Å²) in [6.45, 7) is 3.16. The number of fused-ring (bicyclic) bond motifs is 1. The molecule has 0 radical (unpaired) electrons. The van der Waals surface area contributed by atoms with Gasteiger partial charge in [-0.15, -0.1) is 11.3 Å². The van der Waals surface area contributed by atoms with Crippen LogP contribution in [-0.2, 0) is 14.6 Å². The van der Waals surface area contributed by atoms with Gasteiger partial charge in [0.1, 0.15) is 0 Å². The number of amides is 1. The first-order chi connectivity index (χ1) is 11.3. The molecule has 1 aromatic rings. The molecule has 3 heterocycles. The van der Waals surface area contributed by atoms with E-state index in [0.717, 1.165) is 4.88 Å². The molecule has 24 heavy (non-hydrogen) atoms. The summed E-state index contributed by atoms with van der Waals surface area (Å²) >= 11 is 1.41. The number of aryl methyl sites for hydroxylation is 1. The minimum Gasteiger partial charge on any atom is -0.481 e. The molecule has 2 fully saturated rings. The molecule has 1 N–H and O–H groups in total. The minimum absolute atomic E-state index is 0.00939. The Labute approximate surface area is 144 Å². The highest BCUT2D eigenvalue weighted by Crippen LogP contribution is 2.29. The molecule has 9 heteroatoms. The fourth-order valence-corrected chi connectivity index (χ4v) is 6.32. The van der Waals surface area contributed by atoms with Crippen molar-refractivity contribution in [2.45, 2.75) is 25.4 Å². The van der Waals surface area contributed by atoms with Crippen molar-refractivity contribution in [2.24, 2.45) is 0 Å². The Kier molecular flexibility index (Phi) is 4.67. The number of rotatable bonds is 4. The van der Waals surface area contributed by atoms with E-state index in [4.69, 9.17) is 5.11 Å². The summed E-state index contributed by atoms with van der Waals surface area (Å²) in [5, 5.41) is 8.87. The van der Waals surface area contributed by atoms with Crippen LogP contribution >= 0.6 is 11.3 Å². The maximum atomic E-state index is 12.8. The number of thiophene rings is 1. The summed E-state index contributed by atoms with van der Waals surface area (Å²) in [6.07, 6.45) is -0.0265. The van der Waals surface area contributed by atoms with E-state index in [1.807, 2.05) is 17.9 Å². The molecule has 2 atom stereocenters. The molecule has 1 amide bonds. The molecular weight excluding hydrogens is 352 g/mol. The number of piperazine rings is 1. The van der Waals surface area contributed by atoms with Crippen molar-refractivity contribution in [3.63, 3.8) is 0 Å². The van der Waals surface area contributed by atoms with Crippen LogP contribution in [0.4, 0.5) is 0 Å². The highest BCUT2D eigenvalue weighted by Gasteiger charge is 2.48. The Morgan fingerprint density at radius 3 is 2.58 bits per heavy atom. The van der Waals surface area contributed by atoms with Gasteiger partial charge in [0.2, 0.25) is 0 Å². The predicted octanol–water partition coefficient (Wildman–Crippen LogP) is 0.455. The summed E-state index contributed by atoms with van der Waals surface area (Å²) < 4.78 is 24.2. The predicted molar refractivity (Wildman–Crippen MR) is 90.1 cm³/mol. The molecule has 0 aliphatic carbocycles. The number of carbonyl (C=O) groups is 2. The van der Waals surface area contributed by atoms with E-state index in [1.165, 1.54) is 11.3 Å². The van der Waals surface area contributed by atoms with Crippen molar-refractivity contribution in [2.75, 3.05) is 31.1 Å². The van der Waals surface area contributed by atoms with E-state index in [9.17, 15) is 18.0 Å². The Morgan fingerprint density at radius 2 is 1.96 bits per heavy atom. The van der Waals surface area contributed by atoms with Gasteiger partial charge in [-0.05, 0) is 19.1 Å². The standard InChI is InChI=1S/C15H20N2O5S2/c1-10-2-3-13(23-10)15(20)17-7-6-16(5-4-14(18)19)11-8-24(21,22)9-12(11)17/h2-3,11-12H,4-9H2,1H3,(H,18,19)/t11-,12+/m1/s1.